The van der Waals surface area contributed by atoms with E-state index in [4.69, 9.17) is 0 Å². The number of pyridine rings is 1. The Labute approximate surface area is 141 Å². The van der Waals surface area contributed by atoms with Gasteiger partial charge < -0.3 is 16.0 Å². The zero-order chi connectivity index (χ0) is 17.7. The Morgan fingerprint density at radius 3 is 2.38 bits per heavy atom. The summed E-state index contributed by atoms with van der Waals surface area (Å²) in [4.78, 5) is 27.5. The Hall–Kier alpha value is -2.89. The lowest BCUT2D eigenvalue weighted by Gasteiger charge is -2.20. The number of hydrogen-bond acceptors (Lipinski definition) is 4. The zero-order valence-electron chi connectivity index (χ0n) is 14.3. The summed E-state index contributed by atoms with van der Waals surface area (Å²) in [7, 11) is 0. The lowest BCUT2D eigenvalue weighted by molar-refractivity contribution is -0.114. The van der Waals surface area contributed by atoms with Gasteiger partial charge >= 0.3 is 0 Å². The van der Waals surface area contributed by atoms with Gasteiger partial charge in [-0.1, -0.05) is 6.07 Å². The highest BCUT2D eigenvalue weighted by Crippen LogP contribution is 2.20. The minimum absolute atomic E-state index is 0.130. The van der Waals surface area contributed by atoms with Crippen molar-refractivity contribution in [1.82, 2.24) is 10.3 Å². The Bertz CT molecular complexity index is 751. The van der Waals surface area contributed by atoms with Crippen LogP contribution in [0.15, 0.2) is 42.7 Å². The standard InChI is InChI=1S/C18H22N4O2/c1-12(23)20-14-6-5-7-15(9-14)21-16-8-13(10-19-11-16)17(24)22-18(2,3)4/h5-11,21H,1-4H3,(H,20,23)(H,22,24). The summed E-state index contributed by atoms with van der Waals surface area (Å²) in [5, 5.41) is 8.81. The normalized spacial score (nSPS) is 10.8. The molecule has 0 saturated carbocycles. The third kappa shape index (κ3) is 5.39. The number of nitrogens with one attached hydrogen (secondary N) is 3. The van der Waals surface area contributed by atoms with Gasteiger partial charge in [0.1, 0.15) is 0 Å². The van der Waals surface area contributed by atoms with Crippen LogP contribution in [-0.4, -0.2) is 22.3 Å². The molecule has 0 aliphatic heterocycles. The molecule has 2 amide bonds. The number of anilines is 3. The van der Waals surface area contributed by atoms with Crippen molar-refractivity contribution in [2.45, 2.75) is 33.2 Å². The van der Waals surface area contributed by atoms with Crippen molar-refractivity contribution in [3.05, 3.63) is 48.3 Å². The van der Waals surface area contributed by atoms with Gasteiger partial charge in [-0.15, -0.1) is 0 Å². The molecule has 1 heterocycles. The third-order valence-corrected chi connectivity index (χ3v) is 2.96. The molecule has 0 saturated heterocycles. The minimum Gasteiger partial charge on any atom is -0.354 e. The Kier molecular flexibility index (Phi) is 5.18. The Balaban J connectivity index is 2.15. The van der Waals surface area contributed by atoms with E-state index >= 15 is 0 Å². The van der Waals surface area contributed by atoms with Crippen LogP contribution in [0.2, 0.25) is 0 Å². The van der Waals surface area contributed by atoms with Crippen molar-refractivity contribution in [2.24, 2.45) is 0 Å². The van der Waals surface area contributed by atoms with Crippen LogP contribution in [-0.2, 0) is 4.79 Å². The van der Waals surface area contributed by atoms with Crippen molar-refractivity contribution < 1.29 is 9.59 Å². The molecule has 1 aromatic heterocycles. The maximum atomic E-state index is 12.2. The van der Waals surface area contributed by atoms with Crippen LogP contribution in [0.3, 0.4) is 0 Å². The van der Waals surface area contributed by atoms with Gasteiger partial charge in [0.25, 0.3) is 5.91 Å². The second-order valence-corrected chi connectivity index (χ2v) is 6.55. The van der Waals surface area contributed by atoms with Gasteiger partial charge in [0.2, 0.25) is 5.91 Å². The highest BCUT2D eigenvalue weighted by Gasteiger charge is 2.15. The number of hydrogen-bond donors (Lipinski definition) is 3. The van der Waals surface area contributed by atoms with E-state index in [0.717, 1.165) is 5.69 Å². The van der Waals surface area contributed by atoms with Crippen molar-refractivity contribution >= 4 is 28.9 Å². The lowest BCUT2D eigenvalue weighted by Crippen LogP contribution is -2.40. The van der Waals surface area contributed by atoms with Crippen LogP contribution < -0.4 is 16.0 Å². The average Bonchev–Trinajstić information content (AvgIpc) is 2.45. The maximum Gasteiger partial charge on any atom is 0.253 e. The smallest absolute Gasteiger partial charge is 0.253 e. The van der Waals surface area contributed by atoms with Crippen LogP contribution >= 0.6 is 0 Å². The second kappa shape index (κ2) is 7.12. The summed E-state index contributed by atoms with van der Waals surface area (Å²) in [5.41, 5.74) is 2.34. The van der Waals surface area contributed by atoms with Gasteiger partial charge in [-0.05, 0) is 45.0 Å². The second-order valence-electron chi connectivity index (χ2n) is 6.55. The molecule has 0 atom stereocenters. The fraction of sp³-hybridized carbons (Fsp3) is 0.278. The lowest BCUT2D eigenvalue weighted by atomic mass is 10.1. The molecule has 2 rings (SSSR count). The fourth-order valence-electron chi connectivity index (χ4n) is 2.09. The molecule has 6 nitrogen and oxygen atoms in total. The van der Waals surface area contributed by atoms with E-state index in [1.54, 1.807) is 18.3 Å². The molecule has 3 N–H and O–H groups in total. The largest absolute Gasteiger partial charge is 0.354 e. The van der Waals surface area contributed by atoms with E-state index in [1.807, 2.05) is 39.0 Å². The SMILES string of the molecule is CC(=O)Nc1cccc(Nc2cncc(C(=O)NC(C)(C)C)c2)c1. The molecular formula is C18H22N4O2. The topological polar surface area (TPSA) is 83.1 Å². The van der Waals surface area contributed by atoms with Crippen LogP contribution in [0.5, 0.6) is 0 Å². The number of aromatic nitrogens is 1. The van der Waals surface area contributed by atoms with E-state index in [0.29, 0.717) is 16.9 Å². The van der Waals surface area contributed by atoms with E-state index in [1.165, 1.54) is 13.1 Å². The summed E-state index contributed by atoms with van der Waals surface area (Å²) in [6.07, 6.45) is 3.17. The van der Waals surface area contributed by atoms with Crippen LogP contribution in [0.4, 0.5) is 17.1 Å². The first-order valence-corrected chi connectivity index (χ1v) is 7.65. The van der Waals surface area contributed by atoms with Crippen molar-refractivity contribution in [1.29, 1.82) is 0 Å². The van der Waals surface area contributed by atoms with Gasteiger partial charge in [-0.2, -0.15) is 0 Å². The maximum absolute atomic E-state index is 12.2. The van der Waals surface area contributed by atoms with E-state index in [9.17, 15) is 9.59 Å². The number of carbonyl (C=O) groups is 2. The molecule has 0 aliphatic carbocycles. The summed E-state index contributed by atoms with van der Waals surface area (Å²) < 4.78 is 0. The molecule has 0 aliphatic rings. The number of benzene rings is 1. The first-order chi connectivity index (χ1) is 11.2. The quantitative estimate of drug-likeness (QED) is 0.805. The molecule has 2 aromatic rings. The Morgan fingerprint density at radius 2 is 1.71 bits per heavy atom. The molecule has 6 heteroatoms. The van der Waals surface area contributed by atoms with Crippen LogP contribution in [0.1, 0.15) is 38.1 Å². The fourth-order valence-corrected chi connectivity index (χ4v) is 2.09. The molecular weight excluding hydrogens is 304 g/mol. The Morgan fingerprint density at radius 1 is 1.00 bits per heavy atom. The van der Waals surface area contributed by atoms with Gasteiger partial charge in [0.15, 0.2) is 0 Å². The van der Waals surface area contributed by atoms with Crippen molar-refractivity contribution in [2.75, 3.05) is 10.6 Å². The number of carbonyl (C=O) groups excluding carboxylic acids is 2. The molecule has 0 radical (unpaired) electrons. The third-order valence-electron chi connectivity index (χ3n) is 2.96. The molecule has 0 fully saturated rings. The molecule has 0 bridgehead atoms. The first kappa shape index (κ1) is 17.5. The molecule has 0 spiro atoms. The first-order valence-electron chi connectivity index (χ1n) is 7.65. The average molecular weight is 326 g/mol. The minimum atomic E-state index is -0.312. The molecule has 1 aromatic carbocycles. The summed E-state index contributed by atoms with van der Waals surface area (Å²) in [6.45, 7) is 7.23. The van der Waals surface area contributed by atoms with Gasteiger partial charge in [-0.3, -0.25) is 14.6 Å². The molecule has 126 valence electrons. The predicted octanol–water partition coefficient (Wildman–Crippen LogP) is 3.31. The van der Waals surface area contributed by atoms with E-state index < -0.39 is 0 Å². The van der Waals surface area contributed by atoms with Crippen molar-refractivity contribution in [3.63, 3.8) is 0 Å². The molecule has 24 heavy (non-hydrogen) atoms. The zero-order valence-corrected chi connectivity index (χ0v) is 14.3. The summed E-state index contributed by atoms with van der Waals surface area (Å²) >= 11 is 0. The number of amides is 2. The van der Waals surface area contributed by atoms with Crippen LogP contribution in [0, 0.1) is 0 Å². The van der Waals surface area contributed by atoms with Gasteiger partial charge in [0, 0.05) is 30.0 Å². The van der Waals surface area contributed by atoms with Gasteiger partial charge in [0.05, 0.1) is 17.4 Å². The monoisotopic (exact) mass is 326 g/mol. The predicted molar refractivity (Wildman–Crippen MR) is 95.5 cm³/mol. The van der Waals surface area contributed by atoms with Crippen LogP contribution in [0.25, 0.3) is 0 Å². The molecule has 0 unspecified atom stereocenters. The highest BCUT2D eigenvalue weighted by molar-refractivity contribution is 5.95. The number of nitrogens with zero attached hydrogens (tertiary/aromatic N) is 1. The summed E-state index contributed by atoms with van der Waals surface area (Å²) in [6, 6.07) is 9.05. The summed E-state index contributed by atoms with van der Waals surface area (Å²) in [5.74, 6) is -0.305. The van der Waals surface area contributed by atoms with E-state index in [2.05, 4.69) is 20.9 Å². The number of rotatable bonds is 4. The van der Waals surface area contributed by atoms with Gasteiger partial charge in [-0.25, -0.2) is 0 Å². The van der Waals surface area contributed by atoms with E-state index in [-0.39, 0.29) is 17.4 Å². The van der Waals surface area contributed by atoms with Crippen molar-refractivity contribution in [3.8, 4) is 0 Å². The highest BCUT2D eigenvalue weighted by atomic mass is 16.2.